The second-order valence-corrected chi connectivity index (χ2v) is 3.53. The highest BCUT2D eigenvalue weighted by atomic mass is 127. The lowest BCUT2D eigenvalue weighted by molar-refractivity contribution is 0.320. The Balaban J connectivity index is 4.14. The van der Waals surface area contributed by atoms with Crippen LogP contribution in [0.4, 0.5) is 0 Å². The van der Waals surface area contributed by atoms with Gasteiger partial charge in [-0.2, -0.15) is 0 Å². The fraction of sp³-hybridized carbons (Fsp3) is 0.667. The van der Waals surface area contributed by atoms with Crippen LogP contribution in [0, 0.1) is 0 Å². The molecule has 0 unspecified atom stereocenters. The minimum atomic E-state index is -3.43. The van der Waals surface area contributed by atoms with Gasteiger partial charge in [0.1, 0.15) is 0 Å². The topological polar surface area (TPSA) is 66.7 Å². The van der Waals surface area contributed by atoms with E-state index in [1.54, 1.807) is 6.92 Å². The van der Waals surface area contributed by atoms with Crippen molar-refractivity contribution in [1.29, 1.82) is 0 Å². The Morgan fingerprint density at radius 2 is 2.25 bits per heavy atom. The fourth-order valence-electron chi connectivity index (χ4n) is 0.211. The van der Waals surface area contributed by atoms with Gasteiger partial charge in [-0.15, -0.1) is 0 Å². The maximum Gasteiger partial charge on any atom is 0.358 e. The lowest BCUT2D eigenvalue weighted by atomic mass is 10.6. The molecule has 0 radical (unpaired) electrons. The second kappa shape index (κ2) is 3.76. The first-order chi connectivity index (χ1) is 3.72. The summed E-state index contributed by atoms with van der Waals surface area (Å²) in [7, 11) is 0. The first-order valence-electron chi connectivity index (χ1n) is 1.98. The Labute approximate surface area is 53.7 Å². The lowest BCUT2D eigenvalue weighted by Crippen LogP contribution is -1.81. The zero-order valence-corrected chi connectivity index (χ0v) is 6.45. The normalized spacial score (nSPS) is 12.5. The van der Waals surface area contributed by atoms with Gasteiger partial charge in [0, 0.05) is 6.42 Å². The van der Waals surface area contributed by atoms with Crippen LogP contribution in [-0.4, -0.2) is 8.93 Å². The summed E-state index contributed by atoms with van der Waals surface area (Å²) in [6.45, 7) is 1.62. The van der Waals surface area contributed by atoms with Crippen molar-refractivity contribution in [3.05, 3.63) is 0 Å². The van der Waals surface area contributed by atoms with Crippen LogP contribution in [-0.2, 0) is 6.14 Å². The van der Waals surface area contributed by atoms with Crippen molar-refractivity contribution in [3.63, 3.8) is 0 Å². The Morgan fingerprint density at radius 1 is 1.75 bits per heavy atom. The molecule has 0 amide bonds. The van der Waals surface area contributed by atoms with E-state index in [-0.39, 0.29) is 10.1 Å². The molecule has 8 heavy (non-hydrogen) atoms. The average molecular weight is 231 g/mol. The molecule has 0 aromatic carbocycles. The van der Waals surface area contributed by atoms with Crippen molar-refractivity contribution in [3.8, 4) is 0 Å². The van der Waals surface area contributed by atoms with Crippen molar-refractivity contribution >= 4 is 23.5 Å². The molecule has 0 fully saturated rings. The smallest absolute Gasteiger partial charge is 0.358 e. The molecular weight excluding hydrogens is 225 g/mol. The summed E-state index contributed by atoms with van der Waals surface area (Å²) in [6, 6.07) is 0. The van der Waals surface area contributed by atoms with Crippen LogP contribution < -0.4 is 0 Å². The van der Waals surface area contributed by atoms with Gasteiger partial charge in [0.25, 0.3) is 0 Å². The highest BCUT2D eigenvalue weighted by Crippen LogP contribution is 2.09. The molecule has 4 nitrogen and oxygen atoms in total. The third kappa shape index (κ3) is 2.20. The Kier molecular flexibility index (Phi) is 3.67. The molecular formula is C3H6INO3. The quantitative estimate of drug-likeness (QED) is 0.338. The van der Waals surface area contributed by atoms with Gasteiger partial charge >= 0.3 is 19.8 Å². The van der Waals surface area contributed by atoms with E-state index >= 15 is 0 Å². The summed E-state index contributed by atoms with van der Waals surface area (Å²) in [5.74, 6) is 0. The highest BCUT2D eigenvalue weighted by Gasteiger charge is 2.00. The first kappa shape index (κ1) is 7.80. The van der Waals surface area contributed by atoms with Crippen LogP contribution >= 0.6 is 19.8 Å². The second-order valence-electron chi connectivity index (χ2n) is 1.05. The van der Waals surface area contributed by atoms with Gasteiger partial charge in [-0.1, -0.05) is 12.1 Å². The van der Waals surface area contributed by atoms with Gasteiger partial charge in [0.15, 0.2) is 3.72 Å². The van der Waals surface area contributed by atoms with Crippen molar-refractivity contribution in [2.45, 2.75) is 13.3 Å². The molecule has 1 N–H and O–H groups in total. The third-order valence-electron chi connectivity index (χ3n) is 0.578. The highest BCUT2D eigenvalue weighted by molar-refractivity contribution is 14.2. The van der Waals surface area contributed by atoms with E-state index in [1.165, 1.54) is 0 Å². The van der Waals surface area contributed by atoms with Crippen LogP contribution in [0.3, 0.4) is 0 Å². The number of hydrogen-bond acceptors (Lipinski definition) is 4. The van der Waals surface area contributed by atoms with Crippen LogP contribution in [0.5, 0.6) is 0 Å². The first-order valence-corrected chi connectivity index (χ1v) is 4.82. The van der Waals surface area contributed by atoms with Gasteiger partial charge in [0.05, 0.1) is 0 Å². The van der Waals surface area contributed by atoms with Crippen molar-refractivity contribution in [1.82, 2.24) is 0 Å². The molecule has 0 heterocycles. The minimum Gasteiger partial charge on any atom is -0.410 e. The molecule has 5 heteroatoms. The molecule has 0 spiro atoms. The summed E-state index contributed by atoms with van der Waals surface area (Å²) in [5, 5.41) is 10.5. The van der Waals surface area contributed by atoms with Crippen molar-refractivity contribution in [2.24, 2.45) is 5.16 Å². The van der Waals surface area contributed by atoms with Gasteiger partial charge in [-0.25, -0.2) is 6.14 Å². The van der Waals surface area contributed by atoms with Crippen LogP contribution in [0.1, 0.15) is 13.3 Å². The predicted octanol–water partition coefficient (Wildman–Crippen LogP) is 1.38. The summed E-state index contributed by atoms with van der Waals surface area (Å²) >= 11 is -3.43. The molecule has 48 valence electrons. The van der Waals surface area contributed by atoms with E-state index in [2.05, 4.69) is 5.16 Å². The minimum absolute atomic E-state index is 0.0887. The average Bonchev–Trinajstić information content (AvgIpc) is 1.69. The number of hydrogen-bond donors (Lipinski definition) is 1. The lowest BCUT2D eigenvalue weighted by Gasteiger charge is -1.80. The predicted molar refractivity (Wildman–Crippen MR) is 34.9 cm³/mol. The summed E-state index contributed by atoms with van der Waals surface area (Å²) < 4.78 is 19.9. The maximum absolute atomic E-state index is 10.00. The zero-order valence-electron chi connectivity index (χ0n) is 4.30. The molecule has 0 aliphatic carbocycles. The molecule has 0 rings (SSSR count). The standard InChI is InChI=1S/C3H6INO3/c1-2-3(5-8)4(6)7/h8H,2H2,1H3. The number of nitrogens with zero attached hydrogens (tertiary/aromatic N) is 1. The van der Waals surface area contributed by atoms with Gasteiger partial charge in [0.2, 0.25) is 0 Å². The monoisotopic (exact) mass is 231 g/mol. The molecule has 0 aliphatic heterocycles. The number of halogens is 1. The summed E-state index contributed by atoms with van der Waals surface area (Å²) in [4.78, 5) is 0. The van der Waals surface area contributed by atoms with E-state index in [4.69, 9.17) is 5.21 Å². The Morgan fingerprint density at radius 3 is 2.25 bits per heavy atom. The molecule has 0 atom stereocenters. The van der Waals surface area contributed by atoms with E-state index < -0.39 is 19.8 Å². The molecule has 0 aliphatic rings. The Bertz CT molecular complexity index is 152. The van der Waals surface area contributed by atoms with Crippen LogP contribution in [0.25, 0.3) is 0 Å². The van der Waals surface area contributed by atoms with Gasteiger partial charge in [-0.3, -0.25) is 0 Å². The summed E-state index contributed by atoms with van der Waals surface area (Å²) in [5.41, 5.74) is 0. The zero-order chi connectivity index (χ0) is 6.57. The largest absolute Gasteiger partial charge is 0.410 e. The van der Waals surface area contributed by atoms with E-state index in [0.717, 1.165) is 0 Å². The molecule has 0 saturated heterocycles. The fourth-order valence-corrected chi connectivity index (χ4v) is 1.01. The summed E-state index contributed by atoms with van der Waals surface area (Å²) in [6.07, 6.45) is 0.286. The van der Waals surface area contributed by atoms with E-state index in [9.17, 15) is 6.14 Å². The van der Waals surface area contributed by atoms with Gasteiger partial charge < -0.3 is 5.21 Å². The van der Waals surface area contributed by atoms with E-state index in [0.29, 0.717) is 0 Å². The molecule has 0 aromatic rings. The number of rotatable bonds is 2. The van der Waals surface area contributed by atoms with Crippen molar-refractivity contribution in [2.75, 3.05) is 0 Å². The van der Waals surface area contributed by atoms with Crippen LogP contribution in [0.2, 0.25) is 0 Å². The molecule has 0 aromatic heterocycles. The van der Waals surface area contributed by atoms with Crippen molar-refractivity contribution < 1.29 is 11.3 Å². The Hall–Kier alpha value is -0.200. The maximum atomic E-state index is 10.00. The number of oxime groups is 1. The van der Waals surface area contributed by atoms with Gasteiger partial charge in [-0.05, 0) is 0 Å². The van der Waals surface area contributed by atoms with Crippen LogP contribution in [0.15, 0.2) is 5.16 Å². The SMILES string of the molecule is CCC(=NO)I(=O)=O. The van der Waals surface area contributed by atoms with E-state index in [1.807, 2.05) is 0 Å². The molecule has 0 bridgehead atoms. The molecule has 0 saturated carbocycles. The third-order valence-corrected chi connectivity index (χ3v) is 2.57.